The van der Waals surface area contributed by atoms with E-state index in [0.717, 1.165) is 10.9 Å². The van der Waals surface area contributed by atoms with Gasteiger partial charge >= 0.3 is 5.97 Å². The van der Waals surface area contributed by atoms with Crippen LogP contribution in [0.2, 0.25) is 0 Å². The fourth-order valence-electron chi connectivity index (χ4n) is 3.36. The van der Waals surface area contributed by atoms with Crippen LogP contribution >= 0.6 is 31.9 Å². The molecule has 0 fully saturated rings. The topological polar surface area (TPSA) is 92.0 Å². The molecule has 10 heteroatoms. The Kier molecular flexibility index (Phi) is 9.67. The van der Waals surface area contributed by atoms with Crippen molar-refractivity contribution in [1.82, 2.24) is 9.66 Å². The average Bonchev–Trinajstić information content (AvgIpc) is 2.83. The molecule has 0 N–H and O–H groups in total. The Balaban J connectivity index is 2.02. The fourth-order valence-corrected chi connectivity index (χ4v) is 4.15. The largest absolute Gasteiger partial charge is 0.490 e. The second kappa shape index (κ2) is 12.5. The summed E-state index contributed by atoms with van der Waals surface area (Å²) in [6, 6.07) is 8.86. The number of hydrogen-bond donors (Lipinski definition) is 0. The van der Waals surface area contributed by atoms with Crippen LogP contribution in [0, 0.1) is 0 Å². The maximum absolute atomic E-state index is 13.4. The molecule has 0 aliphatic carbocycles. The third-order valence-electron chi connectivity index (χ3n) is 5.27. The smallest absolute Gasteiger partial charge is 0.344 e. The second-order valence-corrected chi connectivity index (χ2v) is 10.2. The molecule has 1 atom stereocenters. The van der Waals surface area contributed by atoms with Crippen LogP contribution in [0.1, 0.15) is 58.3 Å². The van der Waals surface area contributed by atoms with Crippen molar-refractivity contribution in [3.8, 4) is 11.5 Å². The van der Waals surface area contributed by atoms with Crippen molar-refractivity contribution in [2.45, 2.75) is 53.1 Å². The van der Waals surface area contributed by atoms with Gasteiger partial charge in [0.2, 0.25) is 0 Å². The van der Waals surface area contributed by atoms with Gasteiger partial charge in [-0.1, -0.05) is 29.8 Å². The molecule has 2 aromatic carbocycles. The first-order valence-electron chi connectivity index (χ1n) is 11.7. The van der Waals surface area contributed by atoms with Crippen LogP contribution in [0.3, 0.4) is 0 Å². The minimum Gasteiger partial charge on any atom is -0.490 e. The van der Waals surface area contributed by atoms with Gasteiger partial charge in [-0.15, -0.1) is 0 Å². The second-order valence-electron chi connectivity index (χ2n) is 8.38. The van der Waals surface area contributed by atoms with E-state index >= 15 is 0 Å². The van der Waals surface area contributed by atoms with Gasteiger partial charge in [-0.25, -0.2) is 9.78 Å². The van der Waals surface area contributed by atoms with E-state index in [4.69, 9.17) is 19.2 Å². The van der Waals surface area contributed by atoms with Crippen molar-refractivity contribution in [3.05, 3.63) is 61.0 Å². The Bertz CT molecular complexity index is 1340. The number of halogens is 2. The minimum atomic E-state index is -0.471. The fraction of sp³-hybridized carbons (Fsp3) is 0.385. The minimum absolute atomic E-state index is 0.0201. The van der Waals surface area contributed by atoms with Gasteiger partial charge in [0.15, 0.2) is 18.1 Å². The molecule has 8 nitrogen and oxygen atoms in total. The number of nitrogens with zero attached hydrogens (tertiary/aromatic N) is 3. The third kappa shape index (κ3) is 6.73. The molecule has 0 saturated heterocycles. The molecule has 0 spiro atoms. The molecule has 1 aromatic heterocycles. The van der Waals surface area contributed by atoms with Gasteiger partial charge in [-0.2, -0.15) is 9.78 Å². The van der Waals surface area contributed by atoms with Crippen LogP contribution in [0.25, 0.3) is 10.9 Å². The molecule has 1 heterocycles. The van der Waals surface area contributed by atoms with Crippen molar-refractivity contribution in [2.75, 3.05) is 13.2 Å². The van der Waals surface area contributed by atoms with Crippen LogP contribution in [0.5, 0.6) is 11.5 Å². The van der Waals surface area contributed by atoms with E-state index < -0.39 is 5.97 Å². The lowest BCUT2D eigenvalue weighted by Crippen LogP contribution is -2.23. The normalized spacial score (nSPS) is 12.3. The summed E-state index contributed by atoms with van der Waals surface area (Å²) in [5.41, 5.74) is 1.03. The molecule has 3 rings (SSSR count). The lowest BCUT2D eigenvalue weighted by atomic mass is 10.1. The highest BCUT2D eigenvalue weighted by molar-refractivity contribution is 9.10. The summed E-state index contributed by atoms with van der Waals surface area (Å²) in [5.74, 6) is 0.956. The zero-order valence-electron chi connectivity index (χ0n) is 20.9. The zero-order chi connectivity index (χ0) is 26.4. The quantitative estimate of drug-likeness (QED) is 0.202. The number of esters is 1. The van der Waals surface area contributed by atoms with Crippen LogP contribution in [0.15, 0.2) is 49.2 Å². The van der Waals surface area contributed by atoms with E-state index in [0.29, 0.717) is 44.9 Å². The monoisotopic (exact) mass is 621 g/mol. The summed E-state index contributed by atoms with van der Waals surface area (Å²) in [6.45, 7) is 9.60. The molecule has 36 heavy (non-hydrogen) atoms. The number of benzene rings is 2. The number of carbonyl (C=O) groups excluding carboxylic acids is 1. The molecule has 0 bridgehead atoms. The van der Waals surface area contributed by atoms with Gasteiger partial charge in [0.1, 0.15) is 5.82 Å². The Morgan fingerprint density at radius 1 is 1.11 bits per heavy atom. The molecule has 0 unspecified atom stereocenters. The Morgan fingerprint density at radius 3 is 2.50 bits per heavy atom. The summed E-state index contributed by atoms with van der Waals surface area (Å²) in [6.07, 6.45) is 2.14. The predicted molar refractivity (Wildman–Crippen MR) is 147 cm³/mol. The van der Waals surface area contributed by atoms with Crippen molar-refractivity contribution >= 4 is 54.9 Å². The number of carbonyl (C=O) groups is 1. The average molecular weight is 623 g/mol. The Labute approximate surface area is 226 Å². The molecule has 0 aliphatic rings. The van der Waals surface area contributed by atoms with Crippen LogP contribution in [-0.4, -0.2) is 41.2 Å². The molecule has 0 aliphatic heterocycles. The van der Waals surface area contributed by atoms with E-state index in [1.807, 2.05) is 32.9 Å². The van der Waals surface area contributed by atoms with E-state index in [1.54, 1.807) is 38.3 Å². The summed E-state index contributed by atoms with van der Waals surface area (Å²) < 4.78 is 19.3. The molecular formula is C26H29Br2N3O5. The molecule has 192 valence electrons. The standard InChI is InChI=1S/C26H29Br2N3O5/c1-6-16(5)25-30-21-9-8-18(27)11-19(21)26(33)31(25)29-13-17-10-22(34-7-2)23(12-20(17)28)35-14-24(32)36-15(3)4/h8-13,15-16H,6-7,14H2,1-5H3/t16-/m0/s1. The highest BCUT2D eigenvalue weighted by Gasteiger charge is 2.17. The van der Waals surface area contributed by atoms with Crippen molar-refractivity contribution in [2.24, 2.45) is 5.10 Å². The first kappa shape index (κ1) is 27.9. The lowest BCUT2D eigenvalue weighted by Gasteiger charge is -2.15. The van der Waals surface area contributed by atoms with Gasteiger partial charge in [0.25, 0.3) is 5.56 Å². The van der Waals surface area contributed by atoms with E-state index in [2.05, 4.69) is 37.0 Å². The molecular weight excluding hydrogens is 594 g/mol. The molecule has 0 radical (unpaired) electrons. The van der Waals surface area contributed by atoms with Gasteiger partial charge < -0.3 is 14.2 Å². The number of hydrogen-bond acceptors (Lipinski definition) is 7. The lowest BCUT2D eigenvalue weighted by molar-refractivity contribution is -0.149. The van der Waals surface area contributed by atoms with Crippen LogP contribution < -0.4 is 15.0 Å². The van der Waals surface area contributed by atoms with Crippen molar-refractivity contribution in [3.63, 3.8) is 0 Å². The maximum atomic E-state index is 13.4. The highest BCUT2D eigenvalue weighted by Crippen LogP contribution is 2.33. The number of rotatable bonds is 10. The summed E-state index contributed by atoms with van der Waals surface area (Å²) >= 11 is 6.95. The van der Waals surface area contributed by atoms with E-state index in [9.17, 15) is 9.59 Å². The van der Waals surface area contributed by atoms with E-state index in [1.165, 1.54) is 4.68 Å². The van der Waals surface area contributed by atoms with Gasteiger partial charge in [-0.05, 0) is 73.5 Å². The highest BCUT2D eigenvalue weighted by atomic mass is 79.9. The van der Waals surface area contributed by atoms with Crippen LogP contribution in [-0.2, 0) is 9.53 Å². The molecule has 3 aromatic rings. The molecule has 0 amide bonds. The van der Waals surface area contributed by atoms with Gasteiger partial charge in [-0.3, -0.25) is 4.79 Å². The first-order chi connectivity index (χ1) is 17.1. The predicted octanol–water partition coefficient (Wildman–Crippen LogP) is 6.05. The zero-order valence-corrected chi connectivity index (χ0v) is 24.1. The van der Waals surface area contributed by atoms with Gasteiger partial charge in [0.05, 0.1) is 29.8 Å². The first-order valence-corrected chi connectivity index (χ1v) is 13.3. The van der Waals surface area contributed by atoms with Crippen LogP contribution in [0.4, 0.5) is 0 Å². The summed E-state index contributed by atoms with van der Waals surface area (Å²) in [5, 5.41) is 5.00. The van der Waals surface area contributed by atoms with Crippen molar-refractivity contribution < 1.29 is 19.0 Å². The maximum Gasteiger partial charge on any atom is 0.344 e. The van der Waals surface area contributed by atoms with Crippen molar-refractivity contribution in [1.29, 1.82) is 0 Å². The van der Waals surface area contributed by atoms with Gasteiger partial charge in [0, 0.05) is 20.4 Å². The summed E-state index contributed by atoms with van der Waals surface area (Å²) in [7, 11) is 0. The Hall–Kier alpha value is -2.72. The SMILES string of the molecule is CCOc1cc(C=Nn2c([C@@H](C)CC)nc3ccc(Br)cc3c2=O)c(Br)cc1OCC(=O)OC(C)C. The summed E-state index contributed by atoms with van der Waals surface area (Å²) in [4.78, 5) is 30.0. The number of aromatic nitrogens is 2. The third-order valence-corrected chi connectivity index (χ3v) is 6.45. The van der Waals surface area contributed by atoms with E-state index in [-0.39, 0.29) is 24.2 Å². The number of ether oxygens (including phenoxy) is 3. The number of fused-ring (bicyclic) bond motifs is 1. The molecule has 0 saturated carbocycles. The Morgan fingerprint density at radius 2 is 1.83 bits per heavy atom.